The topological polar surface area (TPSA) is 37.8 Å². The summed E-state index contributed by atoms with van der Waals surface area (Å²) in [5, 5.41) is 3.50. The molecule has 0 aliphatic carbocycles. The van der Waals surface area contributed by atoms with Crippen LogP contribution in [0.25, 0.3) is 0 Å². The van der Waals surface area contributed by atoms with Gasteiger partial charge in [-0.15, -0.1) is 0 Å². The molecule has 2 heterocycles. The summed E-state index contributed by atoms with van der Waals surface area (Å²) in [7, 11) is 0. The van der Waals surface area contributed by atoms with Crippen molar-refractivity contribution in [2.75, 3.05) is 16.8 Å². The van der Waals surface area contributed by atoms with E-state index in [4.69, 9.17) is 0 Å². The Morgan fingerprint density at radius 2 is 2.31 bits per heavy atom. The molecule has 0 bridgehead atoms. The highest BCUT2D eigenvalue weighted by Gasteiger charge is 2.14. The van der Waals surface area contributed by atoms with E-state index in [1.807, 2.05) is 11.8 Å². The van der Waals surface area contributed by atoms with E-state index in [2.05, 4.69) is 35.2 Å². The van der Waals surface area contributed by atoms with Crippen LogP contribution in [0.15, 0.2) is 12.4 Å². The van der Waals surface area contributed by atoms with Crippen molar-refractivity contribution < 1.29 is 0 Å². The van der Waals surface area contributed by atoms with Gasteiger partial charge in [0, 0.05) is 23.6 Å². The number of hydrogen-bond donors (Lipinski definition) is 1. The fraction of sp³-hybridized carbons (Fsp3) is 0.667. The fourth-order valence-electron chi connectivity index (χ4n) is 1.83. The van der Waals surface area contributed by atoms with E-state index in [1.54, 1.807) is 6.33 Å². The average molecular weight is 237 g/mol. The maximum Gasteiger partial charge on any atom is 0.129 e. The van der Waals surface area contributed by atoms with Crippen LogP contribution in [0.2, 0.25) is 0 Å². The lowest BCUT2D eigenvalue weighted by Crippen LogP contribution is -2.26. The summed E-state index contributed by atoms with van der Waals surface area (Å²) < 4.78 is 0. The van der Waals surface area contributed by atoms with Crippen molar-refractivity contribution >= 4 is 17.6 Å². The van der Waals surface area contributed by atoms with Gasteiger partial charge >= 0.3 is 0 Å². The highest BCUT2D eigenvalue weighted by atomic mass is 32.2. The van der Waals surface area contributed by atoms with Gasteiger partial charge in [-0.05, 0) is 24.5 Å². The Balaban J connectivity index is 2.00. The van der Waals surface area contributed by atoms with Crippen LogP contribution >= 0.6 is 11.8 Å². The number of anilines is 1. The summed E-state index contributed by atoms with van der Waals surface area (Å²) in [5.74, 6) is 3.94. The molecule has 0 amide bonds. The van der Waals surface area contributed by atoms with Crippen molar-refractivity contribution in [2.45, 2.75) is 38.6 Å². The summed E-state index contributed by atoms with van der Waals surface area (Å²) >= 11 is 2.03. The fourth-order valence-corrected chi connectivity index (χ4v) is 2.90. The first kappa shape index (κ1) is 11.7. The van der Waals surface area contributed by atoms with Crippen LogP contribution < -0.4 is 5.32 Å². The minimum atomic E-state index is 0.462. The Morgan fingerprint density at radius 1 is 1.44 bits per heavy atom. The van der Waals surface area contributed by atoms with Crippen LogP contribution in [0.4, 0.5) is 5.82 Å². The standard InChI is InChI=1S/C12H19N3S/c1-9(2)11-6-12(14-8-13-11)15-10-4-3-5-16-7-10/h6,8-10H,3-5,7H2,1-2H3,(H,13,14,15). The summed E-state index contributed by atoms with van der Waals surface area (Å²) in [4.78, 5) is 8.56. The monoisotopic (exact) mass is 237 g/mol. The molecular formula is C12H19N3S. The van der Waals surface area contributed by atoms with Crippen LogP contribution in [-0.4, -0.2) is 27.5 Å². The molecule has 4 heteroatoms. The molecule has 3 nitrogen and oxygen atoms in total. The zero-order valence-corrected chi connectivity index (χ0v) is 10.8. The van der Waals surface area contributed by atoms with Crippen molar-refractivity contribution in [2.24, 2.45) is 0 Å². The van der Waals surface area contributed by atoms with E-state index in [0.717, 1.165) is 11.5 Å². The third-order valence-electron chi connectivity index (χ3n) is 2.79. The highest BCUT2D eigenvalue weighted by Crippen LogP contribution is 2.21. The van der Waals surface area contributed by atoms with Crippen LogP contribution in [0, 0.1) is 0 Å². The van der Waals surface area contributed by atoms with Gasteiger partial charge in [0.05, 0.1) is 0 Å². The van der Waals surface area contributed by atoms with E-state index >= 15 is 0 Å². The van der Waals surface area contributed by atoms with Crippen LogP contribution in [0.5, 0.6) is 0 Å². The minimum absolute atomic E-state index is 0.462. The smallest absolute Gasteiger partial charge is 0.129 e. The molecule has 1 aliphatic heterocycles. The quantitative estimate of drug-likeness (QED) is 0.877. The van der Waals surface area contributed by atoms with Crippen LogP contribution in [-0.2, 0) is 0 Å². The van der Waals surface area contributed by atoms with Gasteiger partial charge in [0.2, 0.25) is 0 Å². The zero-order valence-electron chi connectivity index (χ0n) is 9.94. The Hall–Kier alpha value is -0.770. The molecule has 1 saturated heterocycles. The normalized spacial score (nSPS) is 21.1. The first-order valence-electron chi connectivity index (χ1n) is 5.92. The van der Waals surface area contributed by atoms with Gasteiger partial charge in [-0.3, -0.25) is 0 Å². The molecule has 0 aromatic carbocycles. The van der Waals surface area contributed by atoms with Gasteiger partial charge in [-0.1, -0.05) is 13.8 Å². The predicted molar refractivity (Wildman–Crippen MR) is 70.1 cm³/mol. The minimum Gasteiger partial charge on any atom is -0.366 e. The molecule has 1 aromatic heterocycles. The van der Waals surface area contributed by atoms with Gasteiger partial charge in [0.15, 0.2) is 0 Å². The van der Waals surface area contributed by atoms with Gasteiger partial charge in [0.1, 0.15) is 12.1 Å². The summed E-state index contributed by atoms with van der Waals surface area (Å²) in [6.45, 7) is 4.31. The maximum atomic E-state index is 4.28. The lowest BCUT2D eigenvalue weighted by atomic mass is 10.1. The maximum absolute atomic E-state index is 4.28. The second kappa shape index (κ2) is 5.53. The number of hydrogen-bond acceptors (Lipinski definition) is 4. The van der Waals surface area contributed by atoms with Crippen LogP contribution in [0.3, 0.4) is 0 Å². The largest absolute Gasteiger partial charge is 0.366 e. The van der Waals surface area contributed by atoms with Gasteiger partial charge in [-0.2, -0.15) is 11.8 Å². The number of aromatic nitrogens is 2. The first-order valence-corrected chi connectivity index (χ1v) is 7.07. The Labute approximate surface area is 101 Å². The number of nitrogens with zero attached hydrogens (tertiary/aromatic N) is 2. The van der Waals surface area contributed by atoms with Crippen LogP contribution in [0.1, 0.15) is 38.3 Å². The summed E-state index contributed by atoms with van der Waals surface area (Å²) in [6.07, 6.45) is 4.23. The number of rotatable bonds is 3. The summed E-state index contributed by atoms with van der Waals surface area (Å²) in [5.41, 5.74) is 1.11. The third-order valence-corrected chi connectivity index (χ3v) is 4.01. The molecule has 1 aliphatic rings. The zero-order chi connectivity index (χ0) is 11.4. The van der Waals surface area contributed by atoms with E-state index in [9.17, 15) is 0 Å². The predicted octanol–water partition coefficient (Wildman–Crippen LogP) is 2.91. The van der Waals surface area contributed by atoms with E-state index in [0.29, 0.717) is 12.0 Å². The lowest BCUT2D eigenvalue weighted by Gasteiger charge is -2.23. The molecule has 1 aromatic rings. The second-order valence-corrected chi connectivity index (χ2v) is 5.69. The van der Waals surface area contributed by atoms with Crippen molar-refractivity contribution in [3.8, 4) is 0 Å². The van der Waals surface area contributed by atoms with Gasteiger partial charge in [0.25, 0.3) is 0 Å². The molecule has 0 spiro atoms. The van der Waals surface area contributed by atoms with Crippen molar-refractivity contribution in [3.05, 3.63) is 18.1 Å². The third kappa shape index (κ3) is 3.11. The first-order chi connectivity index (χ1) is 7.75. The SMILES string of the molecule is CC(C)c1cc(NC2CCCSC2)ncn1. The van der Waals surface area contributed by atoms with Gasteiger partial charge in [-0.25, -0.2) is 9.97 Å². The van der Waals surface area contributed by atoms with Crippen molar-refractivity contribution in [3.63, 3.8) is 0 Å². The molecular weight excluding hydrogens is 218 g/mol. The van der Waals surface area contributed by atoms with E-state index in [-0.39, 0.29) is 0 Å². The second-order valence-electron chi connectivity index (χ2n) is 4.54. The van der Waals surface area contributed by atoms with Crippen molar-refractivity contribution in [1.82, 2.24) is 9.97 Å². The molecule has 0 saturated carbocycles. The molecule has 0 radical (unpaired) electrons. The lowest BCUT2D eigenvalue weighted by molar-refractivity contribution is 0.681. The number of nitrogens with one attached hydrogen (secondary N) is 1. The molecule has 16 heavy (non-hydrogen) atoms. The van der Waals surface area contributed by atoms with E-state index in [1.165, 1.54) is 24.3 Å². The number of thioether (sulfide) groups is 1. The molecule has 1 fully saturated rings. The average Bonchev–Trinajstić information content (AvgIpc) is 2.30. The Morgan fingerprint density at radius 3 is 3.00 bits per heavy atom. The summed E-state index contributed by atoms with van der Waals surface area (Å²) in [6, 6.07) is 2.65. The Bertz CT molecular complexity index is 335. The van der Waals surface area contributed by atoms with E-state index < -0.39 is 0 Å². The molecule has 88 valence electrons. The molecule has 1 atom stereocenters. The molecule has 1 unspecified atom stereocenters. The molecule has 2 rings (SSSR count). The van der Waals surface area contributed by atoms with Crippen molar-refractivity contribution in [1.29, 1.82) is 0 Å². The highest BCUT2D eigenvalue weighted by molar-refractivity contribution is 7.99. The Kier molecular flexibility index (Phi) is 4.04. The molecule has 1 N–H and O–H groups in total. The van der Waals surface area contributed by atoms with Gasteiger partial charge < -0.3 is 5.32 Å².